The lowest BCUT2D eigenvalue weighted by atomic mass is 10.1. The summed E-state index contributed by atoms with van der Waals surface area (Å²) in [6.07, 6.45) is 0.0796. The van der Waals surface area contributed by atoms with Gasteiger partial charge in [0.15, 0.2) is 0 Å². The Balaban J connectivity index is 1.92. The monoisotopic (exact) mass is 289 g/mol. The van der Waals surface area contributed by atoms with Crippen LogP contribution in [0.15, 0.2) is 23.0 Å². The van der Waals surface area contributed by atoms with Crippen LogP contribution in [-0.2, 0) is 11.8 Å². The lowest BCUT2D eigenvalue weighted by Crippen LogP contribution is -2.48. The number of nitrogens with zero attached hydrogens (tertiary/aromatic N) is 2. The number of imidazole rings is 1. The fourth-order valence-electron chi connectivity index (χ4n) is 2.90. The average Bonchev–Trinajstić information content (AvgIpc) is 2.71. The second kappa shape index (κ2) is 5.04. The molecule has 2 atom stereocenters. The molecule has 6 heteroatoms. The molecule has 1 saturated heterocycles. The topological polar surface area (TPSA) is 67.3 Å². The molecule has 0 saturated carbocycles. The van der Waals surface area contributed by atoms with Crippen LogP contribution in [0.2, 0.25) is 0 Å². The third kappa shape index (κ3) is 2.47. The molecular weight excluding hydrogens is 270 g/mol. The van der Waals surface area contributed by atoms with E-state index in [1.165, 1.54) is 4.57 Å². The molecule has 3 rings (SSSR count). The number of fused-ring (bicyclic) bond motifs is 1. The highest BCUT2D eigenvalue weighted by Gasteiger charge is 2.26. The fourth-order valence-corrected chi connectivity index (χ4v) is 2.90. The van der Waals surface area contributed by atoms with Crippen molar-refractivity contribution in [2.24, 2.45) is 7.05 Å². The summed E-state index contributed by atoms with van der Waals surface area (Å²) >= 11 is 0. The number of rotatable bonds is 1. The van der Waals surface area contributed by atoms with Crippen LogP contribution >= 0.6 is 0 Å². The molecule has 1 aliphatic rings. The summed E-state index contributed by atoms with van der Waals surface area (Å²) in [5.74, 6) is -0.0244. The summed E-state index contributed by atoms with van der Waals surface area (Å²) in [5, 5.41) is 0. The number of hydrogen-bond donors (Lipinski definition) is 1. The van der Waals surface area contributed by atoms with Gasteiger partial charge in [0.25, 0.3) is 5.91 Å². The number of carbonyl (C=O) groups excluding carboxylic acids is 1. The highest BCUT2D eigenvalue weighted by molar-refractivity contribution is 5.97. The third-order valence-electron chi connectivity index (χ3n) is 3.86. The Morgan fingerprint density at radius 1 is 1.29 bits per heavy atom. The van der Waals surface area contributed by atoms with Gasteiger partial charge in [-0.3, -0.25) is 9.36 Å². The van der Waals surface area contributed by atoms with Crippen LogP contribution in [0.1, 0.15) is 24.2 Å². The minimum absolute atomic E-state index is 0.0244. The van der Waals surface area contributed by atoms with Crippen molar-refractivity contribution in [1.29, 1.82) is 0 Å². The zero-order valence-corrected chi connectivity index (χ0v) is 12.4. The highest BCUT2D eigenvalue weighted by Crippen LogP contribution is 2.17. The summed E-state index contributed by atoms with van der Waals surface area (Å²) < 4.78 is 7.18. The van der Waals surface area contributed by atoms with Gasteiger partial charge in [-0.05, 0) is 32.0 Å². The number of nitrogens with one attached hydrogen (secondary N) is 1. The van der Waals surface area contributed by atoms with E-state index < -0.39 is 0 Å². The number of carbonyl (C=O) groups is 1. The van der Waals surface area contributed by atoms with Crippen LogP contribution in [0.3, 0.4) is 0 Å². The number of amides is 1. The van der Waals surface area contributed by atoms with Crippen molar-refractivity contribution >= 4 is 16.9 Å². The largest absolute Gasteiger partial charge is 0.372 e. The van der Waals surface area contributed by atoms with Gasteiger partial charge >= 0.3 is 5.69 Å². The quantitative estimate of drug-likeness (QED) is 0.855. The molecule has 0 radical (unpaired) electrons. The van der Waals surface area contributed by atoms with Crippen molar-refractivity contribution in [2.45, 2.75) is 26.1 Å². The van der Waals surface area contributed by atoms with Crippen LogP contribution in [0.5, 0.6) is 0 Å². The average molecular weight is 289 g/mol. The van der Waals surface area contributed by atoms with E-state index in [4.69, 9.17) is 4.74 Å². The molecule has 1 amide bonds. The molecule has 21 heavy (non-hydrogen) atoms. The van der Waals surface area contributed by atoms with E-state index in [-0.39, 0.29) is 23.8 Å². The lowest BCUT2D eigenvalue weighted by Gasteiger charge is -2.35. The standard InChI is InChI=1S/C15H19N3O3/c1-9-7-18(8-10(2)21-9)14(19)11-4-5-13-12(6-11)16-15(20)17(13)3/h4-6,9-10H,7-8H2,1-3H3,(H,16,20)/t9-,10+. The van der Waals surface area contributed by atoms with Crippen LogP contribution in [0.25, 0.3) is 11.0 Å². The SMILES string of the molecule is C[C@@H]1CN(C(=O)c2ccc3c(c2)[nH]c(=O)n3C)C[C@H](C)O1. The van der Waals surface area contributed by atoms with E-state index in [0.717, 1.165) is 5.52 Å². The number of aryl methyl sites for hydroxylation is 1. The molecule has 0 bridgehead atoms. The fraction of sp³-hybridized carbons (Fsp3) is 0.467. The summed E-state index contributed by atoms with van der Waals surface area (Å²) in [4.78, 5) is 28.8. The van der Waals surface area contributed by atoms with Gasteiger partial charge in [-0.2, -0.15) is 0 Å². The molecule has 2 heterocycles. The first kappa shape index (κ1) is 13.9. The molecule has 0 spiro atoms. The molecular formula is C15H19N3O3. The van der Waals surface area contributed by atoms with Crippen LogP contribution in [0, 0.1) is 0 Å². The molecule has 6 nitrogen and oxygen atoms in total. The van der Waals surface area contributed by atoms with Gasteiger partial charge in [-0.1, -0.05) is 0 Å². The van der Waals surface area contributed by atoms with Crippen molar-refractivity contribution in [3.05, 3.63) is 34.2 Å². The molecule has 1 fully saturated rings. The molecule has 1 aromatic carbocycles. The molecule has 1 aliphatic heterocycles. The van der Waals surface area contributed by atoms with Crippen molar-refractivity contribution in [3.8, 4) is 0 Å². The maximum absolute atomic E-state index is 12.6. The number of aromatic nitrogens is 2. The molecule has 1 N–H and O–H groups in total. The maximum atomic E-state index is 12.6. The van der Waals surface area contributed by atoms with Crippen molar-refractivity contribution in [2.75, 3.05) is 13.1 Å². The van der Waals surface area contributed by atoms with Crippen molar-refractivity contribution in [1.82, 2.24) is 14.5 Å². The van der Waals surface area contributed by atoms with Gasteiger partial charge in [0.2, 0.25) is 0 Å². The van der Waals surface area contributed by atoms with E-state index >= 15 is 0 Å². The second-order valence-corrected chi connectivity index (χ2v) is 5.69. The van der Waals surface area contributed by atoms with Gasteiger partial charge in [-0.25, -0.2) is 4.79 Å². The summed E-state index contributed by atoms with van der Waals surface area (Å²) in [5.41, 5.74) is 1.89. The minimum Gasteiger partial charge on any atom is -0.372 e. The predicted octanol–water partition coefficient (Wildman–Crippen LogP) is 1.12. The molecule has 1 aromatic heterocycles. The third-order valence-corrected chi connectivity index (χ3v) is 3.86. The lowest BCUT2D eigenvalue weighted by molar-refractivity contribution is -0.0586. The highest BCUT2D eigenvalue weighted by atomic mass is 16.5. The molecule has 0 unspecified atom stereocenters. The van der Waals surface area contributed by atoms with Gasteiger partial charge < -0.3 is 14.6 Å². The summed E-state index contributed by atoms with van der Waals surface area (Å²) in [6.45, 7) is 5.11. The first-order valence-electron chi connectivity index (χ1n) is 7.09. The number of aromatic amines is 1. The van der Waals surface area contributed by atoms with E-state index in [1.54, 1.807) is 30.1 Å². The first-order chi connectivity index (χ1) is 9.95. The molecule has 2 aromatic rings. The van der Waals surface area contributed by atoms with E-state index in [2.05, 4.69) is 4.98 Å². The Hall–Kier alpha value is -2.08. The Kier molecular flexibility index (Phi) is 3.33. The van der Waals surface area contributed by atoms with E-state index in [9.17, 15) is 9.59 Å². The minimum atomic E-state index is -0.178. The smallest absolute Gasteiger partial charge is 0.326 e. The summed E-state index contributed by atoms with van der Waals surface area (Å²) in [7, 11) is 1.70. The van der Waals surface area contributed by atoms with E-state index in [0.29, 0.717) is 24.2 Å². The number of ether oxygens (including phenoxy) is 1. The number of H-pyrrole nitrogens is 1. The van der Waals surface area contributed by atoms with Crippen LogP contribution in [0.4, 0.5) is 0 Å². The Bertz CT molecular complexity index is 736. The van der Waals surface area contributed by atoms with Gasteiger partial charge in [0, 0.05) is 25.7 Å². The maximum Gasteiger partial charge on any atom is 0.326 e. The number of hydrogen-bond acceptors (Lipinski definition) is 3. The van der Waals surface area contributed by atoms with Gasteiger partial charge in [0.1, 0.15) is 0 Å². The normalized spacial score (nSPS) is 22.7. The number of morpholine rings is 1. The second-order valence-electron chi connectivity index (χ2n) is 5.69. The zero-order chi connectivity index (χ0) is 15.1. The van der Waals surface area contributed by atoms with Crippen molar-refractivity contribution in [3.63, 3.8) is 0 Å². The molecule has 0 aliphatic carbocycles. The Labute approximate surface area is 122 Å². The van der Waals surface area contributed by atoms with Crippen LogP contribution in [-0.4, -0.2) is 45.7 Å². The van der Waals surface area contributed by atoms with Gasteiger partial charge in [0.05, 0.1) is 23.2 Å². The zero-order valence-electron chi connectivity index (χ0n) is 12.4. The number of benzene rings is 1. The molecule has 112 valence electrons. The van der Waals surface area contributed by atoms with Crippen LogP contribution < -0.4 is 5.69 Å². The van der Waals surface area contributed by atoms with Crippen molar-refractivity contribution < 1.29 is 9.53 Å². The summed E-state index contributed by atoms with van der Waals surface area (Å²) in [6, 6.07) is 5.31. The van der Waals surface area contributed by atoms with E-state index in [1.807, 2.05) is 13.8 Å². The van der Waals surface area contributed by atoms with Gasteiger partial charge in [-0.15, -0.1) is 0 Å². The first-order valence-corrected chi connectivity index (χ1v) is 7.09. The Morgan fingerprint density at radius 3 is 2.62 bits per heavy atom. The Morgan fingerprint density at radius 2 is 1.95 bits per heavy atom. The predicted molar refractivity (Wildman–Crippen MR) is 79.5 cm³/mol.